The Morgan fingerprint density at radius 1 is 1.32 bits per heavy atom. The van der Waals surface area contributed by atoms with Gasteiger partial charge in [-0.2, -0.15) is 0 Å². The van der Waals surface area contributed by atoms with E-state index >= 15 is 0 Å². The van der Waals surface area contributed by atoms with Crippen LogP contribution >= 0.6 is 0 Å². The molecular weight excluding hydrogens is 240 g/mol. The fourth-order valence-electron chi connectivity index (χ4n) is 3.55. The van der Waals surface area contributed by atoms with Crippen LogP contribution in [0.1, 0.15) is 52.4 Å². The summed E-state index contributed by atoms with van der Waals surface area (Å²) in [6.45, 7) is 6.87. The van der Waals surface area contributed by atoms with Crippen molar-refractivity contribution in [2.45, 2.75) is 64.0 Å². The largest absolute Gasteiger partial charge is 0.465 e. The van der Waals surface area contributed by atoms with Crippen LogP contribution in [0.5, 0.6) is 0 Å². The minimum absolute atomic E-state index is 0.207. The lowest BCUT2D eigenvalue weighted by atomic mass is 9.93. The van der Waals surface area contributed by atoms with Crippen LogP contribution in [0.15, 0.2) is 0 Å². The number of carbonyl (C=O) groups excluding carboxylic acids is 1. The third-order valence-corrected chi connectivity index (χ3v) is 4.95. The maximum atomic E-state index is 11.9. The van der Waals surface area contributed by atoms with Gasteiger partial charge in [0.15, 0.2) is 0 Å². The van der Waals surface area contributed by atoms with E-state index in [-0.39, 0.29) is 5.97 Å². The summed E-state index contributed by atoms with van der Waals surface area (Å²) in [4.78, 5) is 14.5. The molecule has 4 heteroatoms. The number of likely N-dealkylation sites (tertiary alicyclic amines) is 1. The lowest BCUT2D eigenvalue weighted by molar-refractivity contribution is -0.149. The second-order valence-electron chi connectivity index (χ2n) is 6.16. The molecule has 0 aromatic carbocycles. The van der Waals surface area contributed by atoms with E-state index < -0.39 is 5.54 Å². The number of piperidine rings is 1. The van der Waals surface area contributed by atoms with Crippen molar-refractivity contribution in [3.8, 4) is 0 Å². The van der Waals surface area contributed by atoms with Crippen molar-refractivity contribution in [3.63, 3.8) is 0 Å². The fourth-order valence-corrected chi connectivity index (χ4v) is 3.55. The van der Waals surface area contributed by atoms with E-state index in [0.717, 1.165) is 25.2 Å². The van der Waals surface area contributed by atoms with Gasteiger partial charge in [-0.1, -0.05) is 13.3 Å². The smallest absolute Gasteiger partial charge is 0.326 e. The van der Waals surface area contributed by atoms with Crippen molar-refractivity contribution in [2.75, 3.05) is 19.7 Å². The van der Waals surface area contributed by atoms with Crippen LogP contribution in [0, 0.1) is 5.92 Å². The third kappa shape index (κ3) is 3.29. The molecule has 2 atom stereocenters. The zero-order valence-electron chi connectivity index (χ0n) is 12.4. The molecule has 2 fully saturated rings. The van der Waals surface area contributed by atoms with Crippen LogP contribution in [-0.4, -0.2) is 42.1 Å². The first-order chi connectivity index (χ1) is 9.09. The van der Waals surface area contributed by atoms with Gasteiger partial charge in [-0.15, -0.1) is 0 Å². The van der Waals surface area contributed by atoms with E-state index in [0.29, 0.717) is 12.6 Å². The summed E-state index contributed by atoms with van der Waals surface area (Å²) in [5, 5.41) is 0. The van der Waals surface area contributed by atoms with E-state index in [1.54, 1.807) is 0 Å². The zero-order chi connectivity index (χ0) is 13.9. The van der Waals surface area contributed by atoms with Crippen LogP contribution in [0.2, 0.25) is 0 Å². The SMILES string of the molecule is CCOC(=O)C1(N)CCC(N2CCC(CC)CC2)C1. The minimum atomic E-state index is -0.734. The number of hydrogen-bond donors (Lipinski definition) is 1. The first kappa shape index (κ1) is 14.8. The molecule has 19 heavy (non-hydrogen) atoms. The maximum Gasteiger partial charge on any atom is 0.326 e. The number of esters is 1. The highest BCUT2D eigenvalue weighted by Crippen LogP contribution is 2.34. The Morgan fingerprint density at radius 3 is 2.58 bits per heavy atom. The summed E-state index contributed by atoms with van der Waals surface area (Å²) >= 11 is 0. The summed E-state index contributed by atoms with van der Waals surface area (Å²) in [6.07, 6.45) is 6.45. The molecule has 1 aliphatic heterocycles. The first-order valence-corrected chi connectivity index (χ1v) is 7.79. The second kappa shape index (κ2) is 6.23. The Balaban J connectivity index is 1.86. The van der Waals surface area contributed by atoms with Gasteiger partial charge in [0.25, 0.3) is 0 Å². The van der Waals surface area contributed by atoms with Gasteiger partial charge >= 0.3 is 5.97 Å². The van der Waals surface area contributed by atoms with E-state index in [9.17, 15) is 4.79 Å². The Labute approximate surface area is 116 Å². The molecule has 1 aliphatic carbocycles. The lowest BCUT2D eigenvalue weighted by Gasteiger charge is -2.36. The van der Waals surface area contributed by atoms with Crippen molar-refractivity contribution in [2.24, 2.45) is 11.7 Å². The highest BCUT2D eigenvalue weighted by molar-refractivity contribution is 5.81. The van der Waals surface area contributed by atoms with Gasteiger partial charge < -0.3 is 15.4 Å². The summed E-state index contributed by atoms with van der Waals surface area (Å²) < 4.78 is 5.12. The van der Waals surface area contributed by atoms with E-state index in [4.69, 9.17) is 10.5 Å². The molecule has 2 N–H and O–H groups in total. The molecule has 1 saturated heterocycles. The van der Waals surface area contributed by atoms with Crippen LogP contribution in [0.4, 0.5) is 0 Å². The molecule has 0 bridgehead atoms. The fraction of sp³-hybridized carbons (Fsp3) is 0.933. The number of hydrogen-bond acceptors (Lipinski definition) is 4. The topological polar surface area (TPSA) is 55.6 Å². The first-order valence-electron chi connectivity index (χ1n) is 7.79. The van der Waals surface area contributed by atoms with Gasteiger partial charge in [-0.05, 0) is 58.0 Å². The van der Waals surface area contributed by atoms with Crippen LogP contribution in [0.3, 0.4) is 0 Å². The summed E-state index contributed by atoms with van der Waals surface area (Å²) in [6, 6.07) is 0.479. The maximum absolute atomic E-state index is 11.9. The van der Waals surface area contributed by atoms with Crippen molar-refractivity contribution in [1.82, 2.24) is 4.90 Å². The molecule has 1 saturated carbocycles. The van der Waals surface area contributed by atoms with Crippen LogP contribution < -0.4 is 5.73 Å². The molecule has 1 heterocycles. The second-order valence-corrected chi connectivity index (χ2v) is 6.16. The monoisotopic (exact) mass is 268 g/mol. The average Bonchev–Trinajstić information content (AvgIpc) is 2.83. The van der Waals surface area contributed by atoms with Gasteiger partial charge in [-0.3, -0.25) is 4.79 Å². The van der Waals surface area contributed by atoms with Gasteiger partial charge in [0.2, 0.25) is 0 Å². The van der Waals surface area contributed by atoms with Crippen molar-refractivity contribution in [3.05, 3.63) is 0 Å². The number of carbonyl (C=O) groups is 1. The molecule has 2 unspecified atom stereocenters. The Hall–Kier alpha value is -0.610. The molecule has 2 aliphatic rings. The lowest BCUT2D eigenvalue weighted by Crippen LogP contribution is -2.49. The molecule has 4 nitrogen and oxygen atoms in total. The number of nitrogens with zero attached hydrogens (tertiary/aromatic N) is 1. The molecule has 0 aromatic rings. The van der Waals surface area contributed by atoms with Gasteiger partial charge in [0.1, 0.15) is 5.54 Å². The van der Waals surface area contributed by atoms with E-state index in [2.05, 4.69) is 11.8 Å². The van der Waals surface area contributed by atoms with Gasteiger partial charge in [-0.25, -0.2) is 0 Å². The zero-order valence-corrected chi connectivity index (χ0v) is 12.4. The molecule has 110 valence electrons. The minimum Gasteiger partial charge on any atom is -0.465 e. The molecule has 2 rings (SSSR count). The summed E-state index contributed by atoms with van der Waals surface area (Å²) in [5.74, 6) is 0.686. The molecule has 0 amide bonds. The molecule has 0 spiro atoms. The van der Waals surface area contributed by atoms with Crippen LogP contribution in [0.25, 0.3) is 0 Å². The van der Waals surface area contributed by atoms with Gasteiger partial charge in [0.05, 0.1) is 6.61 Å². The van der Waals surface area contributed by atoms with Crippen molar-refractivity contribution < 1.29 is 9.53 Å². The molecular formula is C15H28N2O2. The highest BCUT2D eigenvalue weighted by atomic mass is 16.5. The average molecular weight is 268 g/mol. The Morgan fingerprint density at radius 2 is 2.00 bits per heavy atom. The Kier molecular flexibility index (Phi) is 4.85. The molecule has 0 radical (unpaired) electrons. The number of nitrogens with two attached hydrogens (primary N) is 1. The van der Waals surface area contributed by atoms with E-state index in [1.165, 1.54) is 32.4 Å². The van der Waals surface area contributed by atoms with Crippen LogP contribution in [-0.2, 0) is 9.53 Å². The van der Waals surface area contributed by atoms with Gasteiger partial charge in [0, 0.05) is 6.04 Å². The Bertz CT molecular complexity index is 313. The predicted molar refractivity (Wildman–Crippen MR) is 75.8 cm³/mol. The van der Waals surface area contributed by atoms with Crippen molar-refractivity contribution in [1.29, 1.82) is 0 Å². The quantitative estimate of drug-likeness (QED) is 0.792. The normalized spacial score (nSPS) is 33.5. The summed E-state index contributed by atoms with van der Waals surface area (Å²) in [7, 11) is 0. The standard InChI is InChI=1S/C15H28N2O2/c1-3-12-6-9-17(10-7-12)13-5-8-15(16,11-13)14(18)19-4-2/h12-13H,3-11,16H2,1-2H3. The summed E-state index contributed by atoms with van der Waals surface area (Å²) in [5.41, 5.74) is 5.50. The highest BCUT2D eigenvalue weighted by Gasteiger charge is 2.45. The third-order valence-electron chi connectivity index (χ3n) is 4.95. The number of rotatable bonds is 4. The number of ether oxygens (including phenoxy) is 1. The predicted octanol–water partition coefficient (Wildman–Crippen LogP) is 1.92. The van der Waals surface area contributed by atoms with E-state index in [1.807, 2.05) is 6.92 Å². The molecule has 0 aromatic heterocycles. The van der Waals surface area contributed by atoms with Crippen molar-refractivity contribution >= 4 is 5.97 Å².